The molecule has 0 amide bonds. The minimum Gasteiger partial charge on any atom is -0.356 e. The van der Waals surface area contributed by atoms with Crippen LogP contribution < -0.4 is 10.6 Å². The molecule has 0 aliphatic rings. The van der Waals surface area contributed by atoms with Crippen molar-refractivity contribution in [1.82, 2.24) is 25.2 Å². The molecule has 0 spiro atoms. The van der Waals surface area contributed by atoms with Crippen LogP contribution in [0.5, 0.6) is 0 Å². The van der Waals surface area contributed by atoms with Crippen LogP contribution in [-0.4, -0.2) is 34.1 Å². The fourth-order valence-corrected chi connectivity index (χ4v) is 2.03. The third-order valence-corrected chi connectivity index (χ3v) is 3.32. The van der Waals surface area contributed by atoms with Crippen LogP contribution in [0, 0.1) is 0 Å². The zero-order valence-electron chi connectivity index (χ0n) is 12.5. The molecule has 23 heavy (non-hydrogen) atoms. The van der Waals surface area contributed by atoms with Crippen LogP contribution in [0.15, 0.2) is 35.7 Å². The minimum atomic E-state index is -2.61. The summed E-state index contributed by atoms with van der Waals surface area (Å²) in [5, 5.41) is 6.50. The van der Waals surface area contributed by atoms with Gasteiger partial charge in [0.1, 0.15) is 11.0 Å². The number of aromatic nitrogens is 3. The molecule has 0 aliphatic carbocycles. The largest absolute Gasteiger partial charge is 0.356 e. The first-order valence-corrected chi connectivity index (χ1v) is 7.32. The van der Waals surface area contributed by atoms with Crippen molar-refractivity contribution in [3.63, 3.8) is 0 Å². The van der Waals surface area contributed by atoms with E-state index in [9.17, 15) is 8.78 Å². The lowest BCUT2D eigenvalue weighted by molar-refractivity contribution is 0.0668. The molecule has 2 rings (SSSR count). The quantitative estimate of drug-likeness (QED) is 0.480. The first-order valence-electron chi connectivity index (χ1n) is 6.95. The molecule has 124 valence electrons. The number of nitrogens with one attached hydrogen (secondary N) is 2. The van der Waals surface area contributed by atoms with Crippen LogP contribution in [0.1, 0.15) is 17.9 Å². The maximum atomic E-state index is 12.7. The average Bonchev–Trinajstić information content (AvgIpc) is 3.01. The second kappa shape index (κ2) is 8.42. The normalized spacial score (nSPS) is 11.8. The number of nitrogens with zero attached hydrogens (tertiary/aromatic N) is 4. The number of pyridine rings is 1. The number of rotatable bonds is 6. The maximum absolute atomic E-state index is 12.7. The van der Waals surface area contributed by atoms with E-state index in [-0.39, 0.29) is 12.4 Å². The molecule has 2 aromatic rings. The lowest BCUT2D eigenvalue weighted by Crippen LogP contribution is -2.38. The molecule has 0 bridgehead atoms. The van der Waals surface area contributed by atoms with E-state index in [1.165, 1.54) is 12.4 Å². The molecular weight excluding hydrogens is 326 g/mol. The van der Waals surface area contributed by atoms with Crippen LogP contribution >= 0.6 is 11.6 Å². The molecule has 0 aliphatic heterocycles. The van der Waals surface area contributed by atoms with Gasteiger partial charge in [-0.05, 0) is 18.1 Å². The standard InChI is InChI=1S/C14H17ClF2N6/c1-18-14(20-5-4-10-2-3-11(15)21-8-10)22-9-12-19-6-7-23(12)13(16)17/h2-3,6-8,13H,4-5,9H2,1H3,(H2,18,20,22). The fraction of sp³-hybridized carbons (Fsp3) is 0.357. The van der Waals surface area contributed by atoms with Gasteiger partial charge in [0.05, 0.1) is 6.54 Å². The van der Waals surface area contributed by atoms with Gasteiger partial charge in [-0.3, -0.25) is 9.56 Å². The molecule has 0 fully saturated rings. The minimum absolute atomic E-state index is 0.152. The second-order valence-corrected chi connectivity index (χ2v) is 5.01. The van der Waals surface area contributed by atoms with Crippen molar-refractivity contribution in [3.8, 4) is 0 Å². The zero-order valence-corrected chi connectivity index (χ0v) is 13.3. The lowest BCUT2D eigenvalue weighted by atomic mass is 10.2. The summed E-state index contributed by atoms with van der Waals surface area (Å²) in [6.45, 7) is -1.84. The van der Waals surface area contributed by atoms with Gasteiger partial charge in [0.2, 0.25) is 0 Å². The number of halogens is 3. The SMILES string of the molecule is CN=C(NCCc1ccc(Cl)nc1)NCc1nccn1C(F)F. The van der Waals surface area contributed by atoms with Gasteiger partial charge in [0.25, 0.3) is 0 Å². The third kappa shape index (κ3) is 5.17. The first kappa shape index (κ1) is 17.1. The van der Waals surface area contributed by atoms with Gasteiger partial charge < -0.3 is 10.6 Å². The van der Waals surface area contributed by atoms with Crippen molar-refractivity contribution in [2.75, 3.05) is 13.6 Å². The highest BCUT2D eigenvalue weighted by molar-refractivity contribution is 6.29. The monoisotopic (exact) mass is 342 g/mol. The van der Waals surface area contributed by atoms with E-state index in [0.717, 1.165) is 16.6 Å². The van der Waals surface area contributed by atoms with E-state index in [4.69, 9.17) is 11.6 Å². The Morgan fingerprint density at radius 1 is 1.35 bits per heavy atom. The summed E-state index contributed by atoms with van der Waals surface area (Å²) in [6, 6.07) is 3.63. The molecule has 0 atom stereocenters. The summed E-state index contributed by atoms with van der Waals surface area (Å²) >= 11 is 5.73. The number of imidazole rings is 1. The summed E-state index contributed by atoms with van der Waals surface area (Å²) in [7, 11) is 1.61. The van der Waals surface area contributed by atoms with Gasteiger partial charge in [-0.2, -0.15) is 8.78 Å². The summed E-state index contributed by atoms with van der Waals surface area (Å²) in [5.41, 5.74) is 1.03. The van der Waals surface area contributed by atoms with E-state index in [1.54, 1.807) is 19.3 Å². The van der Waals surface area contributed by atoms with E-state index in [2.05, 4.69) is 25.6 Å². The highest BCUT2D eigenvalue weighted by Crippen LogP contribution is 2.11. The van der Waals surface area contributed by atoms with Gasteiger partial charge in [-0.1, -0.05) is 17.7 Å². The van der Waals surface area contributed by atoms with Crippen molar-refractivity contribution >= 4 is 17.6 Å². The topological polar surface area (TPSA) is 67.1 Å². The summed E-state index contributed by atoms with van der Waals surface area (Å²) in [4.78, 5) is 11.9. The Kier molecular flexibility index (Phi) is 6.28. The van der Waals surface area contributed by atoms with E-state index >= 15 is 0 Å². The molecule has 0 saturated heterocycles. The molecule has 0 saturated carbocycles. The van der Waals surface area contributed by atoms with Gasteiger partial charge >= 0.3 is 6.55 Å². The molecule has 2 aromatic heterocycles. The Morgan fingerprint density at radius 2 is 2.17 bits per heavy atom. The smallest absolute Gasteiger partial charge is 0.319 e. The second-order valence-electron chi connectivity index (χ2n) is 4.62. The highest BCUT2D eigenvalue weighted by Gasteiger charge is 2.11. The molecule has 2 N–H and O–H groups in total. The molecule has 0 radical (unpaired) electrons. The van der Waals surface area contributed by atoms with Crippen molar-refractivity contribution in [2.24, 2.45) is 4.99 Å². The van der Waals surface area contributed by atoms with Crippen molar-refractivity contribution in [1.29, 1.82) is 0 Å². The van der Waals surface area contributed by atoms with Crippen molar-refractivity contribution < 1.29 is 8.78 Å². The Balaban J connectivity index is 1.79. The summed E-state index contributed by atoms with van der Waals surface area (Å²) in [6.07, 6.45) is 5.02. The Morgan fingerprint density at radius 3 is 2.83 bits per heavy atom. The van der Waals surface area contributed by atoms with Crippen LogP contribution in [-0.2, 0) is 13.0 Å². The molecule has 0 unspecified atom stereocenters. The Labute approximate surface area is 137 Å². The predicted octanol–water partition coefficient (Wildman–Crippen LogP) is 2.23. The number of guanidine groups is 1. The maximum Gasteiger partial charge on any atom is 0.319 e. The molecule has 0 aromatic carbocycles. The molecule has 9 heteroatoms. The van der Waals surface area contributed by atoms with Crippen molar-refractivity contribution in [3.05, 3.63) is 47.3 Å². The number of alkyl halides is 2. The van der Waals surface area contributed by atoms with Gasteiger partial charge in [-0.15, -0.1) is 0 Å². The van der Waals surface area contributed by atoms with Crippen LogP contribution in [0.2, 0.25) is 5.15 Å². The number of hydrogen-bond donors (Lipinski definition) is 2. The summed E-state index contributed by atoms with van der Waals surface area (Å²) in [5.74, 6) is 0.751. The molecular formula is C14H17ClF2N6. The first-order chi connectivity index (χ1) is 11.1. The number of hydrogen-bond acceptors (Lipinski definition) is 3. The van der Waals surface area contributed by atoms with Crippen molar-refractivity contribution in [2.45, 2.75) is 19.5 Å². The Bertz CT molecular complexity index is 641. The summed E-state index contributed by atoms with van der Waals surface area (Å²) < 4.78 is 26.2. The average molecular weight is 343 g/mol. The van der Waals surface area contributed by atoms with E-state index < -0.39 is 6.55 Å². The van der Waals surface area contributed by atoms with E-state index in [0.29, 0.717) is 17.7 Å². The zero-order chi connectivity index (χ0) is 16.7. The van der Waals surface area contributed by atoms with Crippen LogP contribution in [0.4, 0.5) is 8.78 Å². The van der Waals surface area contributed by atoms with Gasteiger partial charge in [0, 0.05) is 32.2 Å². The molecule has 2 heterocycles. The van der Waals surface area contributed by atoms with Crippen LogP contribution in [0.25, 0.3) is 0 Å². The predicted molar refractivity (Wildman–Crippen MR) is 84.6 cm³/mol. The molecule has 6 nitrogen and oxygen atoms in total. The van der Waals surface area contributed by atoms with Crippen LogP contribution in [0.3, 0.4) is 0 Å². The third-order valence-electron chi connectivity index (χ3n) is 3.09. The van der Waals surface area contributed by atoms with E-state index in [1.807, 2.05) is 6.07 Å². The lowest BCUT2D eigenvalue weighted by Gasteiger charge is -2.12. The Hall–Kier alpha value is -2.22. The van der Waals surface area contributed by atoms with Gasteiger partial charge in [-0.25, -0.2) is 9.97 Å². The van der Waals surface area contributed by atoms with Gasteiger partial charge in [0.15, 0.2) is 5.96 Å². The fourth-order valence-electron chi connectivity index (χ4n) is 1.92. The highest BCUT2D eigenvalue weighted by atomic mass is 35.5. The number of aliphatic imine (C=N–C) groups is 1.